The van der Waals surface area contributed by atoms with Gasteiger partial charge < -0.3 is 5.11 Å². The lowest BCUT2D eigenvalue weighted by molar-refractivity contribution is -0.140. The monoisotopic (exact) mass is 366 g/mol. The molecule has 0 unspecified atom stereocenters. The van der Waals surface area contributed by atoms with E-state index in [2.05, 4.69) is 22.7 Å². The molecule has 4 rings (SSSR count). The van der Waals surface area contributed by atoms with E-state index >= 15 is 0 Å². The number of aromatic nitrogens is 4. The van der Waals surface area contributed by atoms with Crippen LogP contribution in [0.2, 0.25) is 0 Å². The SMILES string of the molecule is O=C(O)[C@H](CS)n1ccc2c(cnc3c(-c4ccccc4)cnn32)c1=O. The number of benzene rings is 1. The van der Waals surface area contributed by atoms with Crippen molar-refractivity contribution in [3.63, 3.8) is 0 Å². The van der Waals surface area contributed by atoms with Crippen molar-refractivity contribution in [2.75, 3.05) is 5.75 Å². The summed E-state index contributed by atoms with van der Waals surface area (Å²) in [4.78, 5) is 28.5. The highest BCUT2D eigenvalue weighted by molar-refractivity contribution is 7.80. The highest BCUT2D eigenvalue weighted by Crippen LogP contribution is 2.24. The predicted octanol–water partition coefficient (Wildman–Crippen LogP) is 2.27. The second kappa shape index (κ2) is 6.30. The number of carboxylic acids is 1. The van der Waals surface area contributed by atoms with Crippen molar-refractivity contribution in [2.24, 2.45) is 0 Å². The Kier molecular flexibility index (Phi) is 3.96. The average Bonchev–Trinajstić information content (AvgIpc) is 3.09. The van der Waals surface area contributed by atoms with Crippen molar-refractivity contribution in [3.05, 3.63) is 65.3 Å². The molecule has 0 aliphatic heterocycles. The Bertz CT molecular complexity index is 1180. The normalized spacial score (nSPS) is 12.5. The second-order valence-corrected chi connectivity index (χ2v) is 6.15. The van der Waals surface area contributed by atoms with Crippen LogP contribution >= 0.6 is 12.6 Å². The van der Waals surface area contributed by atoms with Gasteiger partial charge in [-0.2, -0.15) is 17.7 Å². The number of thiol groups is 1. The first-order valence-corrected chi connectivity index (χ1v) is 8.51. The zero-order valence-corrected chi connectivity index (χ0v) is 14.4. The molecule has 0 spiro atoms. The Hall–Kier alpha value is -3.13. The molecule has 0 fully saturated rings. The molecule has 0 amide bonds. The molecule has 0 saturated heterocycles. The molecule has 130 valence electrons. The van der Waals surface area contributed by atoms with Crippen molar-refractivity contribution in [3.8, 4) is 11.1 Å². The van der Waals surface area contributed by atoms with E-state index in [1.54, 1.807) is 16.8 Å². The van der Waals surface area contributed by atoms with Crippen molar-refractivity contribution in [2.45, 2.75) is 6.04 Å². The van der Waals surface area contributed by atoms with Crippen LogP contribution in [0.1, 0.15) is 6.04 Å². The van der Waals surface area contributed by atoms with Gasteiger partial charge in [0.25, 0.3) is 5.56 Å². The first-order valence-electron chi connectivity index (χ1n) is 7.88. The minimum Gasteiger partial charge on any atom is -0.480 e. The predicted molar refractivity (Wildman–Crippen MR) is 101 cm³/mol. The highest BCUT2D eigenvalue weighted by atomic mass is 32.1. The maximum Gasteiger partial charge on any atom is 0.327 e. The molecule has 0 saturated carbocycles. The second-order valence-electron chi connectivity index (χ2n) is 5.78. The van der Waals surface area contributed by atoms with E-state index in [0.29, 0.717) is 16.6 Å². The van der Waals surface area contributed by atoms with Crippen LogP contribution in [0, 0.1) is 0 Å². The summed E-state index contributed by atoms with van der Waals surface area (Å²) in [5.74, 6) is -1.10. The number of rotatable bonds is 4. The summed E-state index contributed by atoms with van der Waals surface area (Å²) < 4.78 is 2.76. The third kappa shape index (κ3) is 2.46. The number of aliphatic carboxylic acids is 1. The number of hydrogen-bond donors (Lipinski definition) is 2. The summed E-state index contributed by atoms with van der Waals surface area (Å²) >= 11 is 4.04. The number of carboxylic acid groups (broad SMARTS) is 1. The average molecular weight is 366 g/mol. The van der Waals surface area contributed by atoms with Gasteiger partial charge >= 0.3 is 5.97 Å². The van der Waals surface area contributed by atoms with Crippen LogP contribution in [0.15, 0.2) is 59.8 Å². The first kappa shape index (κ1) is 16.3. The number of hydrogen-bond acceptors (Lipinski definition) is 5. The van der Waals surface area contributed by atoms with Gasteiger partial charge in [0.2, 0.25) is 0 Å². The van der Waals surface area contributed by atoms with Gasteiger partial charge in [-0.05, 0) is 11.6 Å². The molecule has 8 heteroatoms. The topological polar surface area (TPSA) is 89.5 Å². The van der Waals surface area contributed by atoms with Crippen molar-refractivity contribution in [1.82, 2.24) is 19.2 Å². The molecular formula is C18H14N4O3S. The summed E-state index contributed by atoms with van der Waals surface area (Å²) in [5.41, 5.74) is 2.60. The lowest BCUT2D eigenvalue weighted by atomic mass is 10.1. The van der Waals surface area contributed by atoms with E-state index in [1.165, 1.54) is 12.4 Å². The summed E-state index contributed by atoms with van der Waals surface area (Å²) in [7, 11) is 0. The smallest absolute Gasteiger partial charge is 0.327 e. The third-order valence-corrected chi connectivity index (χ3v) is 4.65. The van der Waals surface area contributed by atoms with E-state index in [0.717, 1.165) is 15.7 Å². The van der Waals surface area contributed by atoms with Gasteiger partial charge in [-0.25, -0.2) is 14.3 Å². The highest BCUT2D eigenvalue weighted by Gasteiger charge is 2.21. The Labute approximate surface area is 152 Å². The standard InChI is InChI=1S/C18H14N4O3S/c23-17-13-8-19-16-12(11-4-2-1-3-5-11)9-20-22(16)14(13)6-7-21(17)15(10-26)18(24)25/h1-9,15,26H,10H2,(H,24,25)/t15-/m0/s1. The fourth-order valence-electron chi connectivity index (χ4n) is 2.98. The molecule has 1 aromatic carbocycles. The molecule has 0 bridgehead atoms. The number of pyridine rings is 1. The molecule has 4 aromatic rings. The van der Waals surface area contributed by atoms with Crippen molar-refractivity contribution in [1.29, 1.82) is 0 Å². The Balaban J connectivity index is 1.96. The van der Waals surface area contributed by atoms with Gasteiger partial charge in [-0.15, -0.1) is 0 Å². The molecule has 1 atom stereocenters. The fraction of sp³-hybridized carbons (Fsp3) is 0.111. The van der Waals surface area contributed by atoms with Crippen molar-refractivity contribution < 1.29 is 9.90 Å². The third-order valence-electron chi connectivity index (χ3n) is 4.30. The van der Waals surface area contributed by atoms with Gasteiger partial charge in [-0.1, -0.05) is 30.3 Å². The maximum atomic E-state index is 12.7. The molecular weight excluding hydrogens is 352 g/mol. The van der Waals surface area contributed by atoms with Crippen LogP contribution in [0.4, 0.5) is 0 Å². The minimum absolute atomic E-state index is 0.0103. The molecule has 0 aliphatic rings. The Morgan fingerprint density at radius 1 is 1.19 bits per heavy atom. The van der Waals surface area contributed by atoms with Gasteiger partial charge in [0.05, 0.1) is 17.1 Å². The number of fused-ring (bicyclic) bond motifs is 3. The number of nitrogens with zero attached hydrogens (tertiary/aromatic N) is 4. The molecule has 26 heavy (non-hydrogen) atoms. The molecule has 1 N–H and O–H groups in total. The van der Waals surface area contributed by atoms with Crippen molar-refractivity contribution >= 4 is 35.1 Å². The summed E-state index contributed by atoms with van der Waals surface area (Å²) in [5, 5.41) is 14.0. The Morgan fingerprint density at radius 3 is 2.65 bits per heavy atom. The van der Waals surface area contributed by atoms with E-state index in [9.17, 15) is 14.7 Å². The molecule has 3 heterocycles. The molecule has 0 radical (unpaired) electrons. The van der Waals surface area contributed by atoms with Crippen LogP contribution in [0.3, 0.4) is 0 Å². The van der Waals surface area contributed by atoms with Gasteiger partial charge in [0, 0.05) is 23.7 Å². The van der Waals surface area contributed by atoms with Gasteiger partial charge in [0.1, 0.15) is 6.04 Å². The van der Waals surface area contributed by atoms with Gasteiger partial charge in [0.15, 0.2) is 5.65 Å². The van der Waals surface area contributed by atoms with E-state index in [-0.39, 0.29) is 5.75 Å². The van der Waals surface area contributed by atoms with Crippen LogP contribution in [-0.4, -0.2) is 36.0 Å². The molecule has 3 aromatic heterocycles. The molecule has 7 nitrogen and oxygen atoms in total. The van der Waals surface area contributed by atoms with Crippen LogP contribution in [0.25, 0.3) is 27.7 Å². The Morgan fingerprint density at radius 2 is 1.96 bits per heavy atom. The zero-order chi connectivity index (χ0) is 18.3. The summed E-state index contributed by atoms with van der Waals surface area (Å²) in [6.07, 6.45) is 4.63. The van der Waals surface area contributed by atoms with E-state index < -0.39 is 17.6 Å². The van der Waals surface area contributed by atoms with E-state index in [4.69, 9.17) is 0 Å². The number of carbonyl (C=O) groups is 1. The largest absolute Gasteiger partial charge is 0.480 e. The molecule has 0 aliphatic carbocycles. The quantitative estimate of drug-likeness (QED) is 0.541. The zero-order valence-electron chi connectivity index (χ0n) is 13.5. The van der Waals surface area contributed by atoms with E-state index in [1.807, 2.05) is 30.3 Å². The lowest BCUT2D eigenvalue weighted by Gasteiger charge is -2.14. The van der Waals surface area contributed by atoms with Crippen LogP contribution in [0.5, 0.6) is 0 Å². The summed E-state index contributed by atoms with van der Waals surface area (Å²) in [6.45, 7) is 0. The minimum atomic E-state index is -1.11. The maximum absolute atomic E-state index is 12.7. The summed E-state index contributed by atoms with van der Waals surface area (Å²) in [6, 6.07) is 10.4. The van der Waals surface area contributed by atoms with Gasteiger partial charge in [-0.3, -0.25) is 9.36 Å². The van der Waals surface area contributed by atoms with Crippen LogP contribution in [-0.2, 0) is 4.79 Å². The first-order chi connectivity index (χ1) is 12.6. The van der Waals surface area contributed by atoms with Crippen LogP contribution < -0.4 is 5.56 Å². The lowest BCUT2D eigenvalue weighted by Crippen LogP contribution is -2.31. The fourth-order valence-corrected chi connectivity index (χ4v) is 3.32.